The molecule has 0 atom stereocenters. The lowest BCUT2D eigenvalue weighted by Gasteiger charge is -2.10. The highest BCUT2D eigenvalue weighted by Gasteiger charge is 2.30. The molecule has 2 aromatic carbocycles. The van der Waals surface area contributed by atoms with Crippen LogP contribution in [0.25, 0.3) is 10.9 Å². The van der Waals surface area contributed by atoms with Crippen molar-refractivity contribution >= 4 is 20.9 Å². The Labute approximate surface area is 142 Å². The molecule has 0 saturated carbocycles. The van der Waals surface area contributed by atoms with Gasteiger partial charge < -0.3 is 0 Å². The highest BCUT2D eigenvalue weighted by molar-refractivity contribution is 7.89. The van der Waals surface area contributed by atoms with Gasteiger partial charge in [-0.15, -0.1) is 0 Å². The molecule has 4 nitrogen and oxygen atoms in total. The minimum Gasteiger partial charge on any atom is -0.255 e. The molecule has 1 aromatic heterocycles. The number of benzene rings is 2. The van der Waals surface area contributed by atoms with Crippen LogP contribution >= 0.6 is 0 Å². The first-order valence-corrected chi connectivity index (χ1v) is 8.75. The number of nitrogens with zero attached hydrogens (tertiary/aromatic N) is 1. The molecule has 0 fully saturated rings. The molecule has 1 heterocycles. The zero-order valence-corrected chi connectivity index (χ0v) is 13.6. The van der Waals surface area contributed by atoms with E-state index in [1.165, 1.54) is 24.4 Å². The molecule has 0 aliphatic rings. The van der Waals surface area contributed by atoms with Crippen LogP contribution in [0.4, 0.5) is 13.2 Å². The second-order valence-corrected chi connectivity index (χ2v) is 7.09. The molecule has 0 aliphatic carbocycles. The molecule has 8 heteroatoms. The van der Waals surface area contributed by atoms with Crippen molar-refractivity contribution in [2.45, 2.75) is 17.6 Å². The van der Waals surface area contributed by atoms with E-state index in [-0.39, 0.29) is 11.4 Å². The van der Waals surface area contributed by atoms with E-state index in [2.05, 4.69) is 9.71 Å². The number of para-hydroxylation sites is 1. The summed E-state index contributed by atoms with van der Waals surface area (Å²) >= 11 is 0. The Balaban J connectivity index is 1.82. The van der Waals surface area contributed by atoms with E-state index < -0.39 is 21.8 Å². The van der Waals surface area contributed by atoms with Crippen LogP contribution in [0.1, 0.15) is 11.1 Å². The zero-order valence-electron chi connectivity index (χ0n) is 12.8. The lowest BCUT2D eigenvalue weighted by atomic mass is 10.1. The van der Waals surface area contributed by atoms with E-state index in [0.717, 1.165) is 12.1 Å². The Morgan fingerprint density at radius 2 is 1.64 bits per heavy atom. The Morgan fingerprint density at radius 1 is 0.960 bits per heavy atom. The molecule has 0 aliphatic heterocycles. The van der Waals surface area contributed by atoms with Gasteiger partial charge in [0.05, 0.1) is 11.1 Å². The number of aromatic nitrogens is 1. The van der Waals surface area contributed by atoms with E-state index in [1.54, 1.807) is 24.3 Å². The maximum Gasteiger partial charge on any atom is 0.416 e. The summed E-state index contributed by atoms with van der Waals surface area (Å²) in [5.74, 6) is 0. The fraction of sp³-hybridized carbons (Fsp3) is 0.118. The van der Waals surface area contributed by atoms with Gasteiger partial charge in [0.25, 0.3) is 0 Å². The van der Waals surface area contributed by atoms with E-state index in [9.17, 15) is 21.6 Å². The van der Waals surface area contributed by atoms with Gasteiger partial charge >= 0.3 is 6.18 Å². The van der Waals surface area contributed by atoms with Crippen molar-refractivity contribution in [3.63, 3.8) is 0 Å². The monoisotopic (exact) mass is 366 g/mol. The summed E-state index contributed by atoms with van der Waals surface area (Å²) in [6.07, 6.45) is -2.93. The molecule has 0 radical (unpaired) electrons. The van der Waals surface area contributed by atoms with Crippen molar-refractivity contribution < 1.29 is 21.6 Å². The third-order valence-corrected chi connectivity index (χ3v) is 5.07. The second kappa shape index (κ2) is 6.45. The van der Waals surface area contributed by atoms with Gasteiger partial charge in [0.1, 0.15) is 4.90 Å². The Morgan fingerprint density at radius 3 is 2.32 bits per heavy atom. The molecule has 3 aromatic rings. The second-order valence-electron chi connectivity index (χ2n) is 5.35. The quantitative estimate of drug-likeness (QED) is 0.765. The van der Waals surface area contributed by atoms with Gasteiger partial charge in [-0.25, -0.2) is 13.1 Å². The van der Waals surface area contributed by atoms with Crippen LogP contribution in [0.15, 0.2) is 65.7 Å². The maximum atomic E-state index is 12.5. The summed E-state index contributed by atoms with van der Waals surface area (Å²) in [5.41, 5.74) is -0.0212. The van der Waals surface area contributed by atoms with Gasteiger partial charge in [-0.3, -0.25) is 4.98 Å². The first kappa shape index (κ1) is 17.4. The fourth-order valence-electron chi connectivity index (χ4n) is 2.36. The minimum absolute atomic E-state index is 0.0255. The highest BCUT2D eigenvalue weighted by Crippen LogP contribution is 2.29. The molecular weight excluding hydrogens is 353 g/mol. The standard InChI is InChI=1S/C17H13F3N2O2S/c18-17(19,20)14-8-6-12(7-9-14)11-22-25(23,24)15-5-1-3-13-4-2-10-21-16(13)15/h1-10,22H,11H2. The molecule has 130 valence electrons. The highest BCUT2D eigenvalue weighted by atomic mass is 32.2. The molecule has 0 amide bonds. The Hall–Kier alpha value is -2.45. The SMILES string of the molecule is O=S(=O)(NCc1ccc(C(F)(F)F)cc1)c1cccc2cccnc12. The number of sulfonamides is 1. The van der Waals surface area contributed by atoms with Gasteiger partial charge in [0, 0.05) is 18.1 Å². The van der Waals surface area contributed by atoms with Crippen molar-refractivity contribution in [1.82, 2.24) is 9.71 Å². The zero-order chi connectivity index (χ0) is 18.1. The third-order valence-electron chi connectivity index (χ3n) is 3.63. The summed E-state index contributed by atoms with van der Waals surface area (Å²) in [6.45, 7) is -0.121. The molecule has 0 spiro atoms. The van der Waals surface area contributed by atoms with Gasteiger partial charge in [-0.2, -0.15) is 13.2 Å². The summed E-state index contributed by atoms with van der Waals surface area (Å²) in [6, 6.07) is 12.6. The van der Waals surface area contributed by atoms with Crippen LogP contribution in [-0.2, 0) is 22.7 Å². The van der Waals surface area contributed by atoms with Crippen molar-refractivity contribution in [3.05, 3.63) is 71.9 Å². The number of nitrogens with one attached hydrogen (secondary N) is 1. The number of rotatable bonds is 4. The number of halogens is 3. The van der Waals surface area contributed by atoms with Crippen molar-refractivity contribution in [3.8, 4) is 0 Å². The van der Waals surface area contributed by atoms with Crippen LogP contribution in [0.5, 0.6) is 0 Å². The van der Waals surface area contributed by atoms with E-state index in [4.69, 9.17) is 0 Å². The van der Waals surface area contributed by atoms with Crippen molar-refractivity contribution in [2.24, 2.45) is 0 Å². The lowest BCUT2D eigenvalue weighted by Crippen LogP contribution is -2.23. The first-order valence-electron chi connectivity index (χ1n) is 7.27. The largest absolute Gasteiger partial charge is 0.416 e. The Kier molecular flexibility index (Phi) is 4.49. The van der Waals surface area contributed by atoms with E-state index in [1.807, 2.05) is 0 Å². The van der Waals surface area contributed by atoms with Crippen LogP contribution in [0.2, 0.25) is 0 Å². The molecule has 0 saturated heterocycles. The summed E-state index contributed by atoms with van der Waals surface area (Å²) in [5, 5.41) is 0.680. The summed E-state index contributed by atoms with van der Waals surface area (Å²) in [4.78, 5) is 4.12. The topological polar surface area (TPSA) is 59.1 Å². The Bertz CT molecular complexity index is 995. The number of pyridine rings is 1. The van der Waals surface area contributed by atoms with Gasteiger partial charge in [0.15, 0.2) is 0 Å². The maximum absolute atomic E-state index is 12.5. The first-order chi connectivity index (χ1) is 11.8. The number of hydrogen-bond donors (Lipinski definition) is 1. The summed E-state index contributed by atoms with van der Waals surface area (Å²) < 4.78 is 65.1. The van der Waals surface area contributed by atoms with E-state index in [0.29, 0.717) is 16.5 Å². The van der Waals surface area contributed by atoms with Crippen LogP contribution in [0.3, 0.4) is 0 Å². The van der Waals surface area contributed by atoms with Crippen molar-refractivity contribution in [2.75, 3.05) is 0 Å². The van der Waals surface area contributed by atoms with Crippen LogP contribution < -0.4 is 4.72 Å². The number of hydrogen-bond acceptors (Lipinski definition) is 3. The minimum atomic E-state index is -4.42. The molecule has 1 N–H and O–H groups in total. The van der Waals surface area contributed by atoms with Crippen molar-refractivity contribution in [1.29, 1.82) is 0 Å². The molecule has 25 heavy (non-hydrogen) atoms. The van der Waals surface area contributed by atoms with Crippen LogP contribution in [0, 0.1) is 0 Å². The average Bonchev–Trinajstić information content (AvgIpc) is 2.59. The molecular formula is C17H13F3N2O2S. The van der Waals surface area contributed by atoms with Gasteiger partial charge in [-0.05, 0) is 29.8 Å². The fourth-order valence-corrected chi connectivity index (χ4v) is 3.56. The predicted molar refractivity (Wildman–Crippen MR) is 87.2 cm³/mol. The normalized spacial score (nSPS) is 12.4. The lowest BCUT2D eigenvalue weighted by molar-refractivity contribution is -0.137. The number of fused-ring (bicyclic) bond motifs is 1. The third kappa shape index (κ3) is 3.80. The van der Waals surface area contributed by atoms with E-state index >= 15 is 0 Å². The predicted octanol–water partition coefficient (Wildman–Crippen LogP) is 3.73. The summed E-state index contributed by atoms with van der Waals surface area (Å²) in [7, 11) is -3.86. The number of alkyl halides is 3. The smallest absolute Gasteiger partial charge is 0.255 e. The van der Waals surface area contributed by atoms with Crippen LogP contribution in [-0.4, -0.2) is 13.4 Å². The molecule has 3 rings (SSSR count). The molecule has 0 unspecified atom stereocenters. The molecule has 0 bridgehead atoms. The average molecular weight is 366 g/mol. The van der Waals surface area contributed by atoms with Gasteiger partial charge in [-0.1, -0.05) is 30.3 Å². The van der Waals surface area contributed by atoms with Gasteiger partial charge in [0.2, 0.25) is 10.0 Å².